The standard InChI is InChI=1S/C13H12BrFN2O3/c1-6(2)10-11(18)16-13(20)17(12(10)19)7-3-4-9(15)8(14)5-7/h3-6,10H,1-2H3,(H,16,18,20). The molecule has 1 aromatic carbocycles. The summed E-state index contributed by atoms with van der Waals surface area (Å²) in [7, 11) is 0. The van der Waals surface area contributed by atoms with Gasteiger partial charge in [0.25, 0.3) is 0 Å². The number of rotatable bonds is 2. The van der Waals surface area contributed by atoms with Crippen molar-refractivity contribution >= 4 is 39.5 Å². The molecule has 1 N–H and O–H groups in total. The Morgan fingerprint density at radius 3 is 2.50 bits per heavy atom. The third-order valence-electron chi connectivity index (χ3n) is 3.03. The zero-order valence-corrected chi connectivity index (χ0v) is 12.4. The Kier molecular flexibility index (Phi) is 3.89. The number of carbonyl (C=O) groups excluding carboxylic acids is 3. The van der Waals surface area contributed by atoms with E-state index in [9.17, 15) is 18.8 Å². The summed E-state index contributed by atoms with van der Waals surface area (Å²) in [6.07, 6.45) is 0. The smallest absolute Gasteiger partial charge is 0.277 e. The van der Waals surface area contributed by atoms with Gasteiger partial charge in [0.05, 0.1) is 10.2 Å². The highest BCUT2D eigenvalue weighted by Crippen LogP contribution is 2.27. The molecule has 1 heterocycles. The molecule has 1 aliphatic rings. The largest absolute Gasteiger partial charge is 0.335 e. The molecule has 0 saturated carbocycles. The first-order valence-electron chi connectivity index (χ1n) is 5.96. The van der Waals surface area contributed by atoms with Gasteiger partial charge in [-0.15, -0.1) is 0 Å². The predicted molar refractivity (Wildman–Crippen MR) is 73.5 cm³/mol. The van der Waals surface area contributed by atoms with Gasteiger partial charge in [0.1, 0.15) is 11.7 Å². The number of halogens is 2. The fraction of sp³-hybridized carbons (Fsp3) is 0.308. The molecule has 0 radical (unpaired) electrons. The average Bonchev–Trinajstić information content (AvgIpc) is 2.32. The second-order valence-electron chi connectivity index (χ2n) is 4.79. The predicted octanol–water partition coefficient (Wildman–Crippen LogP) is 2.44. The minimum atomic E-state index is -0.934. The molecule has 0 bridgehead atoms. The second-order valence-corrected chi connectivity index (χ2v) is 5.64. The molecule has 1 aliphatic heterocycles. The summed E-state index contributed by atoms with van der Waals surface area (Å²) in [4.78, 5) is 36.7. The van der Waals surface area contributed by atoms with Crippen molar-refractivity contribution in [3.63, 3.8) is 0 Å². The molecule has 7 heteroatoms. The van der Waals surface area contributed by atoms with E-state index in [1.165, 1.54) is 12.1 Å². The minimum absolute atomic E-state index is 0.133. The Morgan fingerprint density at radius 1 is 1.30 bits per heavy atom. The summed E-state index contributed by atoms with van der Waals surface area (Å²) < 4.78 is 13.4. The van der Waals surface area contributed by atoms with E-state index < -0.39 is 29.6 Å². The van der Waals surface area contributed by atoms with E-state index in [4.69, 9.17) is 0 Å². The molecule has 0 spiro atoms. The lowest BCUT2D eigenvalue weighted by molar-refractivity contribution is -0.136. The van der Waals surface area contributed by atoms with Crippen molar-refractivity contribution in [2.75, 3.05) is 4.90 Å². The summed E-state index contributed by atoms with van der Waals surface area (Å²) in [5.41, 5.74) is 0.207. The van der Waals surface area contributed by atoms with Gasteiger partial charge >= 0.3 is 6.03 Å². The Labute approximate surface area is 123 Å². The normalized spacial score (nSPS) is 19.6. The van der Waals surface area contributed by atoms with Gasteiger partial charge in [0, 0.05) is 0 Å². The number of hydrogen-bond donors (Lipinski definition) is 1. The van der Waals surface area contributed by atoms with E-state index in [0.717, 1.165) is 11.0 Å². The quantitative estimate of drug-likeness (QED) is 0.839. The van der Waals surface area contributed by atoms with Crippen LogP contribution in [0.5, 0.6) is 0 Å². The third kappa shape index (κ3) is 2.45. The van der Waals surface area contributed by atoms with Gasteiger partial charge in [0.2, 0.25) is 11.8 Å². The lowest BCUT2D eigenvalue weighted by atomic mass is 9.92. The lowest BCUT2D eigenvalue weighted by Crippen LogP contribution is -2.59. The van der Waals surface area contributed by atoms with E-state index in [2.05, 4.69) is 21.2 Å². The molecule has 1 aromatic rings. The fourth-order valence-electron chi connectivity index (χ4n) is 2.05. The molecular formula is C13H12BrFN2O3. The van der Waals surface area contributed by atoms with Crippen LogP contribution in [-0.4, -0.2) is 17.8 Å². The van der Waals surface area contributed by atoms with Gasteiger partial charge in [-0.3, -0.25) is 14.9 Å². The van der Waals surface area contributed by atoms with E-state index in [1.54, 1.807) is 13.8 Å². The number of anilines is 1. The zero-order valence-electron chi connectivity index (χ0n) is 10.8. The summed E-state index contributed by atoms with van der Waals surface area (Å²) in [5.74, 6) is -2.90. The Balaban J connectivity index is 2.43. The van der Waals surface area contributed by atoms with Gasteiger partial charge < -0.3 is 0 Å². The molecule has 1 fully saturated rings. The van der Waals surface area contributed by atoms with Crippen molar-refractivity contribution in [2.45, 2.75) is 13.8 Å². The van der Waals surface area contributed by atoms with Gasteiger partial charge in [0.15, 0.2) is 0 Å². The molecule has 2 rings (SSSR count). The van der Waals surface area contributed by atoms with Crippen LogP contribution in [0.3, 0.4) is 0 Å². The minimum Gasteiger partial charge on any atom is -0.277 e. The molecule has 0 aliphatic carbocycles. The molecule has 1 unspecified atom stereocenters. The molecule has 4 amide bonds. The monoisotopic (exact) mass is 342 g/mol. The van der Waals surface area contributed by atoms with Crippen molar-refractivity contribution < 1.29 is 18.8 Å². The highest BCUT2D eigenvalue weighted by molar-refractivity contribution is 9.10. The first-order valence-corrected chi connectivity index (χ1v) is 6.76. The van der Waals surface area contributed by atoms with E-state index >= 15 is 0 Å². The molecule has 106 valence electrons. The van der Waals surface area contributed by atoms with Crippen LogP contribution in [0.2, 0.25) is 0 Å². The number of imide groups is 2. The molecule has 20 heavy (non-hydrogen) atoms. The Hall–Kier alpha value is -1.76. The highest BCUT2D eigenvalue weighted by Gasteiger charge is 2.42. The maximum Gasteiger partial charge on any atom is 0.335 e. The molecule has 5 nitrogen and oxygen atoms in total. The van der Waals surface area contributed by atoms with E-state index in [-0.39, 0.29) is 16.1 Å². The number of nitrogens with zero attached hydrogens (tertiary/aromatic N) is 1. The number of hydrogen-bond acceptors (Lipinski definition) is 3. The van der Waals surface area contributed by atoms with Crippen LogP contribution in [0.1, 0.15) is 13.8 Å². The van der Waals surface area contributed by atoms with Crippen LogP contribution < -0.4 is 10.2 Å². The molecular weight excluding hydrogens is 331 g/mol. The topological polar surface area (TPSA) is 66.5 Å². The summed E-state index contributed by atoms with van der Waals surface area (Å²) in [5, 5.41) is 2.14. The third-order valence-corrected chi connectivity index (χ3v) is 3.64. The van der Waals surface area contributed by atoms with Crippen molar-refractivity contribution in [1.29, 1.82) is 0 Å². The number of barbiturate groups is 1. The van der Waals surface area contributed by atoms with Crippen LogP contribution in [0.4, 0.5) is 14.9 Å². The lowest BCUT2D eigenvalue weighted by Gasteiger charge is -2.31. The zero-order chi connectivity index (χ0) is 15.0. The van der Waals surface area contributed by atoms with Crippen molar-refractivity contribution in [3.05, 3.63) is 28.5 Å². The maximum absolute atomic E-state index is 13.2. The van der Waals surface area contributed by atoms with Gasteiger partial charge in [-0.1, -0.05) is 13.8 Å². The first-order chi connectivity index (χ1) is 9.32. The fourth-order valence-corrected chi connectivity index (χ4v) is 2.41. The van der Waals surface area contributed by atoms with Gasteiger partial charge in [-0.05, 0) is 40.0 Å². The summed E-state index contributed by atoms with van der Waals surface area (Å²) in [6, 6.07) is 2.95. The summed E-state index contributed by atoms with van der Waals surface area (Å²) >= 11 is 3.00. The Bertz CT molecular complexity index is 603. The average molecular weight is 343 g/mol. The van der Waals surface area contributed by atoms with Crippen molar-refractivity contribution in [1.82, 2.24) is 5.32 Å². The number of benzene rings is 1. The Morgan fingerprint density at radius 2 is 1.95 bits per heavy atom. The molecule has 0 aromatic heterocycles. The number of urea groups is 1. The first kappa shape index (κ1) is 14.6. The SMILES string of the molecule is CC(C)C1C(=O)NC(=O)N(c2ccc(F)c(Br)c2)C1=O. The van der Waals surface area contributed by atoms with Crippen LogP contribution in [0.25, 0.3) is 0 Å². The maximum atomic E-state index is 13.2. The van der Waals surface area contributed by atoms with Crippen LogP contribution in [0, 0.1) is 17.7 Å². The van der Waals surface area contributed by atoms with E-state index in [0.29, 0.717) is 0 Å². The molecule has 1 saturated heterocycles. The molecule has 1 atom stereocenters. The second kappa shape index (κ2) is 5.32. The van der Waals surface area contributed by atoms with Gasteiger partial charge in [-0.2, -0.15) is 0 Å². The van der Waals surface area contributed by atoms with E-state index in [1.807, 2.05) is 0 Å². The number of amides is 4. The van der Waals surface area contributed by atoms with Crippen LogP contribution in [-0.2, 0) is 9.59 Å². The number of carbonyl (C=O) groups is 3. The highest BCUT2D eigenvalue weighted by atomic mass is 79.9. The van der Waals surface area contributed by atoms with Crippen molar-refractivity contribution in [2.24, 2.45) is 11.8 Å². The number of nitrogens with one attached hydrogen (secondary N) is 1. The summed E-state index contributed by atoms with van der Waals surface area (Å²) in [6.45, 7) is 3.44. The van der Waals surface area contributed by atoms with Crippen LogP contribution in [0.15, 0.2) is 22.7 Å². The van der Waals surface area contributed by atoms with Crippen LogP contribution >= 0.6 is 15.9 Å². The van der Waals surface area contributed by atoms with Gasteiger partial charge in [-0.25, -0.2) is 14.1 Å². The van der Waals surface area contributed by atoms with Crippen molar-refractivity contribution in [3.8, 4) is 0 Å².